The molecule has 58 heavy (non-hydrogen) atoms. The molecule has 9 heteroatoms. The number of benzene rings is 5. The van der Waals surface area contributed by atoms with Gasteiger partial charge in [0, 0.05) is 24.1 Å². The minimum absolute atomic E-state index is 0.261. The highest BCUT2D eigenvalue weighted by atomic mass is 35.5. The van der Waals surface area contributed by atoms with Crippen molar-refractivity contribution in [2.75, 3.05) is 6.61 Å². The van der Waals surface area contributed by atoms with Crippen molar-refractivity contribution >= 4 is 23.6 Å². The summed E-state index contributed by atoms with van der Waals surface area (Å²) in [5.41, 5.74) is 7.54. The second-order valence-electron chi connectivity index (χ2n) is 14.8. The molecule has 0 bridgehead atoms. The first kappa shape index (κ1) is 40.1. The monoisotopic (exact) mass is 788 g/mol. The molecular weight excluding hydrogens is 740 g/mol. The van der Waals surface area contributed by atoms with E-state index in [9.17, 15) is 4.79 Å². The van der Waals surface area contributed by atoms with Gasteiger partial charge in [0.05, 0.1) is 12.3 Å². The van der Waals surface area contributed by atoms with Crippen molar-refractivity contribution in [3.8, 4) is 22.5 Å². The van der Waals surface area contributed by atoms with Gasteiger partial charge in [-0.2, -0.15) is 0 Å². The zero-order valence-electron chi connectivity index (χ0n) is 33.6. The fourth-order valence-electron chi connectivity index (χ4n) is 7.74. The molecule has 2 heterocycles. The molecule has 0 N–H and O–H groups in total. The van der Waals surface area contributed by atoms with Gasteiger partial charge in [-0.25, -0.2) is 14.5 Å². The highest BCUT2D eigenvalue weighted by Gasteiger charge is 2.42. The Kier molecular flexibility index (Phi) is 12.7. The van der Waals surface area contributed by atoms with Crippen molar-refractivity contribution in [2.24, 2.45) is 5.92 Å². The van der Waals surface area contributed by atoms with Crippen LogP contribution >= 0.6 is 11.6 Å². The van der Waals surface area contributed by atoms with Crippen LogP contribution < -0.4 is 0 Å². The fourth-order valence-corrected chi connectivity index (χ4v) is 7.99. The summed E-state index contributed by atoms with van der Waals surface area (Å²) in [5, 5.41) is 14.3. The van der Waals surface area contributed by atoms with Gasteiger partial charge in [-0.3, -0.25) is 0 Å². The first-order valence-corrected chi connectivity index (χ1v) is 20.5. The lowest BCUT2D eigenvalue weighted by Gasteiger charge is -2.36. The van der Waals surface area contributed by atoms with Crippen LogP contribution in [-0.4, -0.2) is 42.3 Å². The molecule has 7 aromatic rings. The van der Waals surface area contributed by atoms with Gasteiger partial charge in [0.2, 0.25) is 0 Å². The Morgan fingerprint density at radius 2 is 1.34 bits per heavy atom. The van der Waals surface area contributed by atoms with Crippen molar-refractivity contribution in [1.82, 2.24) is 29.8 Å². The van der Waals surface area contributed by atoms with E-state index in [2.05, 4.69) is 140 Å². The molecule has 0 radical (unpaired) electrons. The third-order valence-electron chi connectivity index (χ3n) is 10.4. The SMILES string of the molecule is CCCCc1nc(Cl)c(/C=C(\CC(C)C)C(=O)OCC)n1Cc1ccc(-c2ccccc2-c2nnnn2C(c2ccccc2)(c2ccccc2)c2ccccc2)cc1. The Hall–Kier alpha value is -6.12. The topological polar surface area (TPSA) is 87.7 Å². The number of carbonyl (C=O) groups excluding carboxylic acids is 1. The van der Waals surface area contributed by atoms with Gasteiger partial charge >= 0.3 is 5.97 Å². The molecule has 0 atom stereocenters. The number of unbranched alkanes of at least 4 members (excludes halogenated alkanes) is 1. The van der Waals surface area contributed by atoms with Crippen LogP contribution in [0.5, 0.6) is 0 Å². The molecule has 0 unspecified atom stereocenters. The number of aryl methyl sites for hydroxylation is 1. The molecule has 2 aromatic heterocycles. The van der Waals surface area contributed by atoms with Gasteiger partial charge in [0.25, 0.3) is 0 Å². The van der Waals surface area contributed by atoms with Gasteiger partial charge in [0.15, 0.2) is 11.0 Å². The van der Waals surface area contributed by atoms with Crippen LogP contribution in [0.4, 0.5) is 0 Å². The number of rotatable bonds is 16. The lowest BCUT2D eigenvalue weighted by molar-refractivity contribution is -0.138. The summed E-state index contributed by atoms with van der Waals surface area (Å²) >= 11 is 6.84. The molecule has 0 saturated carbocycles. The summed E-state index contributed by atoms with van der Waals surface area (Å²) in [7, 11) is 0. The molecule has 0 aliphatic carbocycles. The van der Waals surface area contributed by atoms with Gasteiger partial charge < -0.3 is 9.30 Å². The van der Waals surface area contributed by atoms with Gasteiger partial charge in [0.1, 0.15) is 11.4 Å². The van der Waals surface area contributed by atoms with Crippen molar-refractivity contribution < 1.29 is 9.53 Å². The number of halogens is 1. The van der Waals surface area contributed by atoms with Crippen LogP contribution in [0.2, 0.25) is 5.15 Å². The normalized spacial score (nSPS) is 11.9. The number of tetrazole rings is 1. The predicted octanol–water partition coefficient (Wildman–Crippen LogP) is 11.1. The van der Waals surface area contributed by atoms with Crippen molar-refractivity contribution in [2.45, 2.75) is 65.5 Å². The maximum atomic E-state index is 13.0. The maximum Gasteiger partial charge on any atom is 0.334 e. The van der Waals surface area contributed by atoms with Crippen molar-refractivity contribution in [1.29, 1.82) is 0 Å². The summed E-state index contributed by atoms with van der Waals surface area (Å²) in [6.07, 6.45) is 5.23. The van der Waals surface area contributed by atoms with Gasteiger partial charge in [-0.15, -0.1) is 5.10 Å². The van der Waals surface area contributed by atoms with E-state index in [1.54, 1.807) is 0 Å². The highest BCUT2D eigenvalue weighted by Crippen LogP contribution is 2.43. The van der Waals surface area contributed by atoms with Crippen LogP contribution in [0, 0.1) is 5.92 Å². The number of carbonyl (C=O) groups is 1. The standard InChI is InChI=1S/C49H49ClN6O2/c1-5-7-27-45-51-46(50)44(33-38(32-35(3)4)48(57)58-6-2)55(45)34-36-28-30-37(31-29-36)42-25-17-18-26-43(42)47-52-53-54-56(47)49(39-19-11-8-12-20-39,40-21-13-9-14-22-40)41-23-15-10-16-24-41/h8-26,28-31,33,35H,5-7,27,32,34H2,1-4H3/b38-33+. The maximum absolute atomic E-state index is 13.0. The number of imidazole rings is 1. The van der Waals surface area contributed by atoms with E-state index in [4.69, 9.17) is 31.6 Å². The molecule has 294 valence electrons. The Balaban J connectivity index is 1.30. The minimum atomic E-state index is -0.879. The second-order valence-corrected chi connectivity index (χ2v) is 15.2. The quantitative estimate of drug-likeness (QED) is 0.0550. The molecule has 7 rings (SSSR count). The average Bonchev–Trinajstić information content (AvgIpc) is 3.85. The van der Waals surface area contributed by atoms with E-state index in [0.717, 1.165) is 69.7 Å². The van der Waals surface area contributed by atoms with Crippen molar-refractivity contribution in [3.05, 3.63) is 184 Å². The second kappa shape index (κ2) is 18.4. The van der Waals surface area contributed by atoms with Crippen LogP contribution in [-0.2, 0) is 28.0 Å². The summed E-state index contributed by atoms with van der Waals surface area (Å²) in [5.74, 6) is 1.47. The summed E-state index contributed by atoms with van der Waals surface area (Å²) in [6, 6.07) is 48.1. The lowest BCUT2D eigenvalue weighted by Crippen LogP contribution is -2.39. The fraction of sp³-hybridized carbons (Fsp3) is 0.245. The smallest absolute Gasteiger partial charge is 0.334 e. The molecule has 5 aromatic carbocycles. The lowest BCUT2D eigenvalue weighted by atomic mass is 9.77. The number of esters is 1. The van der Waals surface area contributed by atoms with Gasteiger partial charge in [-0.05, 0) is 75.6 Å². The Labute approximate surface area is 346 Å². The van der Waals surface area contributed by atoms with E-state index in [-0.39, 0.29) is 11.9 Å². The number of ether oxygens (including phenoxy) is 1. The Bertz CT molecular complexity index is 2360. The summed E-state index contributed by atoms with van der Waals surface area (Å²) in [4.78, 5) is 17.8. The highest BCUT2D eigenvalue weighted by molar-refractivity contribution is 6.31. The average molecular weight is 789 g/mol. The van der Waals surface area contributed by atoms with Crippen LogP contribution in [0.3, 0.4) is 0 Å². The van der Waals surface area contributed by atoms with E-state index in [1.165, 1.54) is 0 Å². The third-order valence-corrected chi connectivity index (χ3v) is 10.7. The van der Waals surface area contributed by atoms with Crippen LogP contribution in [0.25, 0.3) is 28.6 Å². The zero-order valence-corrected chi connectivity index (χ0v) is 34.3. The molecule has 0 amide bonds. The first-order chi connectivity index (χ1) is 28.3. The molecule has 0 saturated heterocycles. The molecule has 0 aliphatic heterocycles. The number of hydrogen-bond donors (Lipinski definition) is 0. The summed E-state index contributed by atoms with van der Waals surface area (Å²) < 4.78 is 9.55. The minimum Gasteiger partial charge on any atom is -0.463 e. The molecular formula is C49H49ClN6O2. The molecule has 0 spiro atoms. The van der Waals surface area contributed by atoms with E-state index >= 15 is 0 Å². The van der Waals surface area contributed by atoms with Crippen molar-refractivity contribution in [3.63, 3.8) is 0 Å². The van der Waals surface area contributed by atoms with Crippen LogP contribution in [0.15, 0.2) is 145 Å². The van der Waals surface area contributed by atoms with E-state index < -0.39 is 5.54 Å². The molecule has 0 fully saturated rings. The Morgan fingerprint density at radius 3 is 1.90 bits per heavy atom. The van der Waals surface area contributed by atoms with E-state index in [1.807, 2.05) is 48.0 Å². The Morgan fingerprint density at radius 1 is 0.776 bits per heavy atom. The molecule has 8 nitrogen and oxygen atoms in total. The van der Waals surface area contributed by atoms with E-state index in [0.29, 0.717) is 36.1 Å². The summed E-state index contributed by atoms with van der Waals surface area (Å²) in [6.45, 7) is 9.01. The zero-order chi connectivity index (χ0) is 40.5. The number of hydrogen-bond acceptors (Lipinski definition) is 6. The number of aromatic nitrogens is 6. The molecule has 0 aliphatic rings. The van der Waals surface area contributed by atoms with Gasteiger partial charge in [-0.1, -0.05) is 178 Å². The van der Waals surface area contributed by atoms with Crippen LogP contribution in [0.1, 0.15) is 80.7 Å². The third kappa shape index (κ3) is 8.29. The predicted molar refractivity (Wildman–Crippen MR) is 232 cm³/mol. The number of nitrogens with zero attached hydrogens (tertiary/aromatic N) is 6. The first-order valence-electron chi connectivity index (χ1n) is 20.1. The largest absolute Gasteiger partial charge is 0.463 e.